The number of amides is 2. The average Bonchev–Trinajstić information content (AvgIpc) is 2.65. The Bertz CT molecular complexity index is 525. The summed E-state index contributed by atoms with van der Waals surface area (Å²) >= 11 is 0. The van der Waals surface area contributed by atoms with Crippen LogP contribution in [0.25, 0.3) is 0 Å². The van der Waals surface area contributed by atoms with E-state index >= 15 is 0 Å². The minimum atomic E-state index is -0.159. The molecular formula is C21H37N3O4. The van der Waals surface area contributed by atoms with Crippen LogP contribution >= 0.6 is 0 Å². The highest BCUT2D eigenvalue weighted by Crippen LogP contribution is 2.11. The SMILES string of the molecule is CNC(C)(C)CCC(=O)NCCOCCNC(=O)COC1C#CCCCCC1. The van der Waals surface area contributed by atoms with Crippen molar-refractivity contribution in [3.8, 4) is 11.8 Å². The first-order chi connectivity index (χ1) is 13.4. The smallest absolute Gasteiger partial charge is 0.246 e. The summed E-state index contributed by atoms with van der Waals surface area (Å²) in [5.74, 6) is 6.04. The minimum absolute atomic E-state index is 0.0229. The number of ether oxygens (including phenoxy) is 2. The number of hydrogen-bond donors (Lipinski definition) is 3. The van der Waals surface area contributed by atoms with Crippen LogP contribution in [0.5, 0.6) is 0 Å². The molecule has 0 saturated carbocycles. The van der Waals surface area contributed by atoms with E-state index in [-0.39, 0.29) is 30.1 Å². The number of hydrogen-bond acceptors (Lipinski definition) is 5. The van der Waals surface area contributed by atoms with E-state index < -0.39 is 0 Å². The molecule has 7 nitrogen and oxygen atoms in total. The van der Waals surface area contributed by atoms with Gasteiger partial charge in [0.1, 0.15) is 12.7 Å². The monoisotopic (exact) mass is 395 g/mol. The molecule has 0 aliphatic heterocycles. The Labute approximate surface area is 169 Å². The summed E-state index contributed by atoms with van der Waals surface area (Å²) in [4.78, 5) is 23.5. The van der Waals surface area contributed by atoms with Crippen molar-refractivity contribution in [3.05, 3.63) is 0 Å². The molecule has 1 unspecified atom stereocenters. The highest BCUT2D eigenvalue weighted by Gasteiger charge is 2.16. The molecule has 1 aliphatic carbocycles. The number of carbonyl (C=O) groups excluding carboxylic acids is 2. The van der Waals surface area contributed by atoms with Gasteiger partial charge in [0.05, 0.1) is 13.2 Å². The highest BCUT2D eigenvalue weighted by atomic mass is 16.5. The standard InChI is InChI=1S/C21H37N3O4/c1-21(2,22-3)12-11-19(25)23-13-15-27-16-14-24-20(26)17-28-18-9-7-5-4-6-8-10-18/h18,22H,4-7,9,11-17H2,1-3H3,(H,23,25)(H,24,26). The lowest BCUT2D eigenvalue weighted by Gasteiger charge is -2.23. The van der Waals surface area contributed by atoms with Crippen molar-refractivity contribution in [2.75, 3.05) is 40.0 Å². The number of rotatable bonds is 13. The van der Waals surface area contributed by atoms with Gasteiger partial charge >= 0.3 is 0 Å². The first-order valence-electron chi connectivity index (χ1n) is 10.3. The third-order valence-corrected chi connectivity index (χ3v) is 4.74. The molecule has 0 aromatic heterocycles. The second-order valence-electron chi connectivity index (χ2n) is 7.67. The molecule has 3 N–H and O–H groups in total. The van der Waals surface area contributed by atoms with Crippen LogP contribution in [0, 0.1) is 11.8 Å². The zero-order valence-electron chi connectivity index (χ0n) is 17.7. The van der Waals surface area contributed by atoms with Crippen molar-refractivity contribution < 1.29 is 19.1 Å². The molecule has 0 radical (unpaired) electrons. The summed E-state index contributed by atoms with van der Waals surface area (Å²) in [6.45, 7) is 5.86. The fourth-order valence-corrected chi connectivity index (χ4v) is 2.60. The van der Waals surface area contributed by atoms with Gasteiger partial charge in [-0.1, -0.05) is 12.3 Å². The fourth-order valence-electron chi connectivity index (χ4n) is 2.60. The Kier molecular flexibility index (Phi) is 12.5. The van der Waals surface area contributed by atoms with Gasteiger partial charge in [0.25, 0.3) is 0 Å². The molecule has 0 aromatic carbocycles. The second kappa shape index (κ2) is 14.4. The fraction of sp³-hybridized carbons (Fsp3) is 0.810. The van der Waals surface area contributed by atoms with Gasteiger partial charge in [-0.25, -0.2) is 0 Å². The van der Waals surface area contributed by atoms with E-state index in [2.05, 4.69) is 41.6 Å². The van der Waals surface area contributed by atoms with Crippen LogP contribution in [0.1, 0.15) is 58.8 Å². The summed E-state index contributed by atoms with van der Waals surface area (Å²) in [6, 6.07) is 0. The van der Waals surface area contributed by atoms with E-state index in [1.54, 1.807) is 0 Å². The molecule has 0 spiro atoms. The van der Waals surface area contributed by atoms with E-state index in [0.29, 0.717) is 32.7 Å². The van der Waals surface area contributed by atoms with Crippen LogP contribution in [-0.2, 0) is 19.1 Å². The maximum atomic E-state index is 11.8. The normalized spacial score (nSPS) is 17.0. The molecule has 0 heterocycles. The lowest BCUT2D eigenvalue weighted by atomic mass is 9.99. The first kappa shape index (κ1) is 24.4. The van der Waals surface area contributed by atoms with Crippen LogP contribution in [0.15, 0.2) is 0 Å². The molecule has 7 heteroatoms. The van der Waals surface area contributed by atoms with Gasteiger partial charge in [0.15, 0.2) is 0 Å². The molecule has 0 saturated heterocycles. The molecule has 1 aliphatic rings. The van der Waals surface area contributed by atoms with E-state index in [1.807, 2.05) is 7.05 Å². The Hall–Kier alpha value is -1.62. The van der Waals surface area contributed by atoms with Crippen molar-refractivity contribution in [1.29, 1.82) is 0 Å². The predicted molar refractivity (Wildman–Crippen MR) is 110 cm³/mol. The van der Waals surface area contributed by atoms with Crippen molar-refractivity contribution in [2.24, 2.45) is 0 Å². The van der Waals surface area contributed by atoms with E-state index in [9.17, 15) is 9.59 Å². The molecule has 2 amide bonds. The zero-order valence-corrected chi connectivity index (χ0v) is 17.7. The Morgan fingerprint density at radius 3 is 2.50 bits per heavy atom. The highest BCUT2D eigenvalue weighted by molar-refractivity contribution is 5.77. The van der Waals surface area contributed by atoms with Crippen LogP contribution in [-0.4, -0.2) is 63.4 Å². The number of carbonyl (C=O) groups is 2. The quantitative estimate of drug-likeness (QED) is 0.324. The van der Waals surface area contributed by atoms with Gasteiger partial charge in [0.2, 0.25) is 11.8 Å². The maximum Gasteiger partial charge on any atom is 0.246 e. The summed E-state index contributed by atoms with van der Waals surface area (Å²) < 4.78 is 11.0. The van der Waals surface area contributed by atoms with Crippen LogP contribution in [0.2, 0.25) is 0 Å². The van der Waals surface area contributed by atoms with Crippen molar-refractivity contribution in [2.45, 2.75) is 70.4 Å². The van der Waals surface area contributed by atoms with Gasteiger partial charge in [-0.05, 0) is 46.6 Å². The molecule has 0 bridgehead atoms. The third kappa shape index (κ3) is 12.7. The average molecular weight is 396 g/mol. The van der Waals surface area contributed by atoms with Gasteiger partial charge in [-0.15, -0.1) is 5.92 Å². The third-order valence-electron chi connectivity index (χ3n) is 4.74. The molecule has 0 fully saturated rings. The zero-order chi connectivity index (χ0) is 20.7. The molecule has 1 rings (SSSR count). The van der Waals surface area contributed by atoms with Crippen molar-refractivity contribution in [1.82, 2.24) is 16.0 Å². The summed E-state index contributed by atoms with van der Waals surface area (Å²) in [5.41, 5.74) is -0.0438. The van der Waals surface area contributed by atoms with E-state index in [0.717, 1.165) is 32.1 Å². The van der Waals surface area contributed by atoms with Crippen molar-refractivity contribution >= 4 is 11.8 Å². The predicted octanol–water partition coefficient (Wildman–Crippen LogP) is 1.37. The van der Waals surface area contributed by atoms with Gasteiger partial charge in [-0.2, -0.15) is 0 Å². The Morgan fingerprint density at radius 2 is 1.79 bits per heavy atom. The Balaban J connectivity index is 1.97. The molecule has 0 aromatic rings. The lowest BCUT2D eigenvalue weighted by Crippen LogP contribution is -2.38. The van der Waals surface area contributed by atoms with E-state index in [1.165, 1.54) is 6.42 Å². The van der Waals surface area contributed by atoms with E-state index in [4.69, 9.17) is 9.47 Å². The lowest BCUT2D eigenvalue weighted by molar-refractivity contribution is -0.127. The van der Waals surface area contributed by atoms with Crippen LogP contribution in [0.4, 0.5) is 0 Å². The molecule has 28 heavy (non-hydrogen) atoms. The molecular weight excluding hydrogens is 358 g/mol. The number of nitrogens with one attached hydrogen (secondary N) is 3. The molecule has 1 atom stereocenters. The minimum Gasteiger partial charge on any atom is -0.378 e. The summed E-state index contributed by atoms with van der Waals surface area (Å²) in [5, 5.41) is 8.77. The largest absolute Gasteiger partial charge is 0.378 e. The van der Waals surface area contributed by atoms with Gasteiger partial charge in [0, 0.05) is 31.5 Å². The topological polar surface area (TPSA) is 88.7 Å². The summed E-state index contributed by atoms with van der Waals surface area (Å²) in [7, 11) is 1.89. The second-order valence-corrected chi connectivity index (χ2v) is 7.67. The van der Waals surface area contributed by atoms with Crippen molar-refractivity contribution in [3.63, 3.8) is 0 Å². The maximum absolute atomic E-state index is 11.8. The van der Waals surface area contributed by atoms with Gasteiger partial charge in [-0.3, -0.25) is 9.59 Å². The van der Waals surface area contributed by atoms with Crippen LogP contribution in [0.3, 0.4) is 0 Å². The molecule has 160 valence electrons. The Morgan fingerprint density at radius 1 is 1.07 bits per heavy atom. The van der Waals surface area contributed by atoms with Gasteiger partial charge < -0.3 is 25.4 Å². The summed E-state index contributed by atoms with van der Waals surface area (Å²) in [6.07, 6.45) is 6.35. The van der Waals surface area contributed by atoms with Crippen LogP contribution < -0.4 is 16.0 Å². The first-order valence-corrected chi connectivity index (χ1v) is 10.3.